The van der Waals surface area contributed by atoms with E-state index in [1.165, 1.54) is 5.56 Å². The molecule has 152 valence electrons. The number of hydrogen-bond acceptors (Lipinski definition) is 4. The van der Waals surface area contributed by atoms with Gasteiger partial charge in [-0.15, -0.1) is 0 Å². The van der Waals surface area contributed by atoms with Gasteiger partial charge in [0, 0.05) is 22.8 Å². The summed E-state index contributed by atoms with van der Waals surface area (Å²) in [6.45, 7) is 0. The Morgan fingerprint density at radius 3 is 2.43 bits per heavy atom. The molecule has 4 rings (SSSR count). The van der Waals surface area contributed by atoms with Crippen LogP contribution < -0.4 is 0 Å². The molecule has 1 aromatic heterocycles. The van der Waals surface area contributed by atoms with Crippen molar-refractivity contribution < 1.29 is 19.5 Å². The van der Waals surface area contributed by atoms with Crippen LogP contribution in [0.15, 0.2) is 82.4 Å². The van der Waals surface area contributed by atoms with Crippen molar-refractivity contribution in [2.24, 2.45) is 11.1 Å². The van der Waals surface area contributed by atoms with Crippen LogP contribution in [0.1, 0.15) is 30.4 Å². The van der Waals surface area contributed by atoms with E-state index in [-0.39, 0.29) is 6.42 Å². The number of furan rings is 1. The predicted molar refractivity (Wildman–Crippen MR) is 117 cm³/mol. The van der Waals surface area contributed by atoms with E-state index in [0.29, 0.717) is 17.7 Å². The summed E-state index contributed by atoms with van der Waals surface area (Å²) in [5, 5.41) is 24.6. The maximum atomic E-state index is 11.8. The molecule has 0 saturated carbocycles. The number of carboxylic acid groups (broad SMARTS) is 1. The molecule has 0 aliphatic heterocycles. The zero-order chi connectivity index (χ0) is 20.9. The summed E-state index contributed by atoms with van der Waals surface area (Å²) in [5.41, 5.74) is 3.79. The molecular weight excluding hydrogens is 378 g/mol. The lowest BCUT2D eigenvalue weighted by molar-refractivity contribution is -0.141. The van der Waals surface area contributed by atoms with Crippen molar-refractivity contribution in [1.82, 2.24) is 0 Å². The molecule has 1 atom stereocenters. The summed E-state index contributed by atoms with van der Waals surface area (Å²) in [4.78, 5) is 11.8. The first-order chi connectivity index (χ1) is 14.7. The molecular formula is C25H23NO4. The number of nitrogens with zero attached hydrogens (tertiary/aromatic N) is 1. The van der Waals surface area contributed by atoms with E-state index in [4.69, 9.17) is 4.42 Å². The predicted octanol–water partition coefficient (Wildman–Crippen LogP) is 5.88. The van der Waals surface area contributed by atoms with Crippen LogP contribution in [-0.2, 0) is 11.2 Å². The van der Waals surface area contributed by atoms with Gasteiger partial charge in [-0.2, -0.15) is 0 Å². The van der Waals surface area contributed by atoms with E-state index in [1.807, 2.05) is 72.8 Å². The number of fused-ring (bicyclic) bond motifs is 3. The van der Waals surface area contributed by atoms with Crippen LogP contribution in [-0.4, -0.2) is 22.0 Å². The first kappa shape index (κ1) is 19.7. The second kappa shape index (κ2) is 8.82. The fourth-order valence-corrected chi connectivity index (χ4v) is 3.87. The van der Waals surface area contributed by atoms with Gasteiger partial charge in [-0.3, -0.25) is 4.79 Å². The van der Waals surface area contributed by atoms with E-state index in [0.717, 1.165) is 34.8 Å². The third kappa shape index (κ3) is 4.20. The minimum Gasteiger partial charge on any atom is -0.481 e. The molecule has 4 aromatic rings. The number of carbonyl (C=O) groups is 1. The highest BCUT2D eigenvalue weighted by atomic mass is 16.4. The standard InChI is InChI=1S/C25H23NO4/c27-25(28)19(10-6-9-17-7-2-1-3-8-17)16-22(26-29)18-13-14-24-21(15-18)20-11-4-5-12-23(20)30-24/h1-5,7-8,11-15,19,29H,6,9-10,16H2,(H,27,28). The van der Waals surface area contributed by atoms with E-state index < -0.39 is 11.9 Å². The lowest BCUT2D eigenvalue weighted by Crippen LogP contribution is -2.19. The maximum absolute atomic E-state index is 11.8. The highest BCUT2D eigenvalue weighted by Gasteiger charge is 2.21. The minimum atomic E-state index is -0.876. The van der Waals surface area contributed by atoms with E-state index >= 15 is 0 Å². The summed E-state index contributed by atoms with van der Waals surface area (Å²) in [5.74, 6) is -1.49. The molecule has 0 saturated heterocycles. The van der Waals surface area contributed by atoms with E-state index in [9.17, 15) is 15.1 Å². The molecule has 5 heteroatoms. The fourth-order valence-electron chi connectivity index (χ4n) is 3.87. The molecule has 2 N–H and O–H groups in total. The number of aliphatic carboxylic acids is 1. The fraction of sp³-hybridized carbons (Fsp3) is 0.200. The van der Waals surface area contributed by atoms with Crippen molar-refractivity contribution in [1.29, 1.82) is 0 Å². The summed E-state index contributed by atoms with van der Waals surface area (Å²) in [6.07, 6.45) is 2.26. The number of hydrogen-bond donors (Lipinski definition) is 2. The van der Waals surface area contributed by atoms with Gasteiger partial charge in [0.05, 0.1) is 11.6 Å². The van der Waals surface area contributed by atoms with Crippen molar-refractivity contribution in [2.45, 2.75) is 25.7 Å². The summed E-state index contributed by atoms with van der Waals surface area (Å²) < 4.78 is 5.84. The molecule has 5 nitrogen and oxygen atoms in total. The second-order valence-electron chi connectivity index (χ2n) is 7.47. The Labute approximate surface area is 174 Å². The van der Waals surface area contributed by atoms with E-state index in [2.05, 4.69) is 5.16 Å². The highest BCUT2D eigenvalue weighted by Crippen LogP contribution is 2.30. The topological polar surface area (TPSA) is 83.0 Å². The van der Waals surface area contributed by atoms with Crippen molar-refractivity contribution >= 4 is 33.6 Å². The SMILES string of the molecule is O=C(O)C(CCCc1ccccc1)CC(=NO)c1ccc2oc3ccccc3c2c1. The molecule has 0 aliphatic carbocycles. The number of para-hydroxylation sites is 1. The van der Waals surface area contributed by atoms with Crippen molar-refractivity contribution in [3.63, 3.8) is 0 Å². The average Bonchev–Trinajstić information content (AvgIpc) is 3.14. The minimum absolute atomic E-state index is 0.169. The van der Waals surface area contributed by atoms with Gasteiger partial charge in [0.2, 0.25) is 0 Å². The molecule has 1 heterocycles. The van der Waals surface area contributed by atoms with Crippen LogP contribution in [0.2, 0.25) is 0 Å². The third-order valence-electron chi connectivity index (χ3n) is 5.48. The van der Waals surface area contributed by atoms with Gasteiger partial charge < -0.3 is 14.7 Å². The normalized spacial score (nSPS) is 13.0. The maximum Gasteiger partial charge on any atom is 0.306 e. The van der Waals surface area contributed by atoms with Crippen LogP contribution in [0.3, 0.4) is 0 Å². The molecule has 0 spiro atoms. The first-order valence-corrected chi connectivity index (χ1v) is 10.0. The van der Waals surface area contributed by atoms with Gasteiger partial charge in [0.1, 0.15) is 11.2 Å². The Morgan fingerprint density at radius 2 is 1.67 bits per heavy atom. The molecule has 3 aromatic carbocycles. The lowest BCUT2D eigenvalue weighted by Gasteiger charge is -2.13. The monoisotopic (exact) mass is 401 g/mol. The molecule has 0 aliphatic rings. The summed E-state index contributed by atoms with van der Waals surface area (Å²) >= 11 is 0. The Bertz CT molecular complexity index is 1190. The van der Waals surface area contributed by atoms with Gasteiger partial charge in [-0.05, 0) is 49.1 Å². The molecule has 1 unspecified atom stereocenters. The van der Waals surface area contributed by atoms with Gasteiger partial charge in [0.15, 0.2) is 0 Å². The largest absolute Gasteiger partial charge is 0.481 e. The molecule has 0 fully saturated rings. The van der Waals surface area contributed by atoms with Crippen LogP contribution in [0.5, 0.6) is 0 Å². The Morgan fingerprint density at radius 1 is 0.933 bits per heavy atom. The lowest BCUT2D eigenvalue weighted by atomic mass is 9.92. The zero-order valence-electron chi connectivity index (χ0n) is 16.5. The van der Waals surface area contributed by atoms with Gasteiger partial charge >= 0.3 is 5.97 Å². The third-order valence-corrected chi connectivity index (χ3v) is 5.48. The molecule has 0 amide bonds. The quantitative estimate of drug-likeness (QED) is 0.219. The number of oxime groups is 1. The number of aryl methyl sites for hydroxylation is 1. The second-order valence-corrected chi connectivity index (χ2v) is 7.47. The smallest absolute Gasteiger partial charge is 0.306 e. The Hall–Kier alpha value is -3.60. The zero-order valence-corrected chi connectivity index (χ0v) is 16.5. The van der Waals surface area contributed by atoms with Crippen molar-refractivity contribution in [3.8, 4) is 0 Å². The molecule has 0 bridgehead atoms. The van der Waals surface area contributed by atoms with Crippen molar-refractivity contribution in [3.05, 3.63) is 83.9 Å². The average molecular weight is 401 g/mol. The van der Waals surface area contributed by atoms with Crippen LogP contribution >= 0.6 is 0 Å². The summed E-state index contributed by atoms with van der Waals surface area (Å²) in [7, 11) is 0. The number of rotatable bonds is 8. The summed E-state index contributed by atoms with van der Waals surface area (Å²) in [6, 6.07) is 23.3. The van der Waals surface area contributed by atoms with Gasteiger partial charge in [-0.25, -0.2) is 0 Å². The Balaban J connectivity index is 1.51. The first-order valence-electron chi connectivity index (χ1n) is 10.0. The molecule has 0 radical (unpaired) electrons. The van der Waals surface area contributed by atoms with Crippen LogP contribution in [0, 0.1) is 5.92 Å². The Kier molecular flexibility index (Phi) is 5.80. The number of benzene rings is 3. The van der Waals surface area contributed by atoms with Crippen molar-refractivity contribution in [2.75, 3.05) is 0 Å². The molecule has 30 heavy (non-hydrogen) atoms. The van der Waals surface area contributed by atoms with Gasteiger partial charge in [0.25, 0.3) is 0 Å². The van der Waals surface area contributed by atoms with Crippen LogP contribution in [0.25, 0.3) is 21.9 Å². The number of carboxylic acids is 1. The highest BCUT2D eigenvalue weighted by molar-refractivity contribution is 6.10. The van der Waals surface area contributed by atoms with E-state index in [1.54, 1.807) is 0 Å². The van der Waals surface area contributed by atoms with Gasteiger partial charge in [-0.1, -0.05) is 53.7 Å². The van der Waals surface area contributed by atoms with Crippen LogP contribution in [0.4, 0.5) is 0 Å².